The van der Waals surface area contributed by atoms with E-state index in [4.69, 9.17) is 4.74 Å². The van der Waals surface area contributed by atoms with E-state index in [2.05, 4.69) is 5.32 Å². The van der Waals surface area contributed by atoms with Crippen LogP contribution in [0, 0.1) is 13.8 Å². The molecule has 0 saturated carbocycles. The Morgan fingerprint density at radius 1 is 1.04 bits per heavy atom. The van der Waals surface area contributed by atoms with Crippen molar-refractivity contribution >= 4 is 15.7 Å². The molecule has 0 heterocycles. The van der Waals surface area contributed by atoms with Gasteiger partial charge >= 0.3 is 0 Å². The van der Waals surface area contributed by atoms with Crippen LogP contribution >= 0.6 is 0 Å². The molecule has 0 aromatic heterocycles. The first kappa shape index (κ1) is 20.0. The van der Waals surface area contributed by atoms with Gasteiger partial charge in [0.1, 0.15) is 5.75 Å². The first-order valence-electron chi connectivity index (χ1n) is 8.42. The van der Waals surface area contributed by atoms with Crippen LogP contribution in [-0.2, 0) is 14.6 Å². The van der Waals surface area contributed by atoms with Gasteiger partial charge in [-0.2, -0.15) is 0 Å². The lowest BCUT2D eigenvalue weighted by Crippen LogP contribution is -2.37. The van der Waals surface area contributed by atoms with E-state index in [1.165, 1.54) is 6.26 Å². The number of sulfone groups is 1. The average molecular weight is 375 g/mol. The highest BCUT2D eigenvalue weighted by atomic mass is 32.2. The van der Waals surface area contributed by atoms with E-state index >= 15 is 0 Å². The largest absolute Gasteiger partial charge is 0.481 e. The second-order valence-corrected chi connectivity index (χ2v) is 8.62. The van der Waals surface area contributed by atoms with Crippen molar-refractivity contribution in [2.45, 2.75) is 44.7 Å². The maximum atomic E-state index is 12.4. The van der Waals surface area contributed by atoms with Crippen LogP contribution < -0.4 is 10.1 Å². The molecule has 140 valence electrons. The third-order valence-corrected chi connectivity index (χ3v) is 5.31. The Bertz CT molecular complexity index is 889. The number of hydrogen-bond acceptors (Lipinski definition) is 4. The van der Waals surface area contributed by atoms with Gasteiger partial charge in [-0.1, -0.05) is 24.3 Å². The minimum Gasteiger partial charge on any atom is -0.481 e. The van der Waals surface area contributed by atoms with Crippen molar-refractivity contribution in [3.05, 3.63) is 59.2 Å². The Morgan fingerprint density at radius 3 is 2.23 bits per heavy atom. The fourth-order valence-corrected chi connectivity index (χ4v) is 3.13. The van der Waals surface area contributed by atoms with Crippen LogP contribution in [0.3, 0.4) is 0 Å². The maximum absolute atomic E-state index is 12.4. The van der Waals surface area contributed by atoms with E-state index in [0.29, 0.717) is 5.75 Å². The summed E-state index contributed by atoms with van der Waals surface area (Å²) in [5.74, 6) is 0.461. The summed E-state index contributed by atoms with van der Waals surface area (Å²) in [7, 11) is -3.23. The van der Waals surface area contributed by atoms with Crippen LogP contribution in [0.5, 0.6) is 5.75 Å². The highest BCUT2D eigenvalue weighted by molar-refractivity contribution is 7.90. The number of ether oxygens (including phenoxy) is 1. The number of amides is 1. The topological polar surface area (TPSA) is 72.5 Å². The fraction of sp³-hybridized carbons (Fsp3) is 0.350. The lowest BCUT2D eigenvalue weighted by Gasteiger charge is -2.20. The molecule has 0 aliphatic heterocycles. The Balaban J connectivity index is 2.02. The second kappa shape index (κ2) is 7.91. The average Bonchev–Trinajstić information content (AvgIpc) is 2.57. The van der Waals surface area contributed by atoms with E-state index in [0.717, 1.165) is 16.7 Å². The highest BCUT2D eigenvalue weighted by Crippen LogP contribution is 2.21. The van der Waals surface area contributed by atoms with Gasteiger partial charge in [-0.3, -0.25) is 4.79 Å². The molecule has 0 aliphatic carbocycles. The smallest absolute Gasteiger partial charge is 0.261 e. The molecule has 0 unspecified atom stereocenters. The van der Waals surface area contributed by atoms with E-state index in [9.17, 15) is 13.2 Å². The standard InChI is InChI=1S/C20H25NO4S/c1-13-6-7-14(2)19(12-13)25-16(4)20(22)21-15(3)17-8-10-18(11-9-17)26(5,23)24/h6-12,15-16H,1-5H3,(H,21,22)/t15-,16+/m1/s1. The van der Waals surface area contributed by atoms with E-state index in [1.54, 1.807) is 31.2 Å². The summed E-state index contributed by atoms with van der Waals surface area (Å²) < 4.78 is 28.8. The van der Waals surface area contributed by atoms with Crippen LogP contribution in [0.4, 0.5) is 0 Å². The van der Waals surface area contributed by atoms with Gasteiger partial charge in [0.2, 0.25) is 0 Å². The number of rotatable bonds is 6. The van der Waals surface area contributed by atoms with Gasteiger partial charge in [0, 0.05) is 6.26 Å². The molecule has 0 fully saturated rings. The van der Waals surface area contributed by atoms with Crippen molar-refractivity contribution in [2.75, 3.05) is 6.26 Å². The quantitative estimate of drug-likeness (QED) is 0.840. The molecule has 2 aromatic rings. The summed E-state index contributed by atoms with van der Waals surface area (Å²) >= 11 is 0. The molecule has 0 bridgehead atoms. The minimum absolute atomic E-state index is 0.231. The molecular formula is C20H25NO4S. The number of hydrogen-bond donors (Lipinski definition) is 1. The molecule has 26 heavy (non-hydrogen) atoms. The Kier molecular flexibility index (Phi) is 6.08. The predicted molar refractivity (Wildman–Crippen MR) is 102 cm³/mol. The van der Waals surface area contributed by atoms with E-state index in [-0.39, 0.29) is 16.8 Å². The van der Waals surface area contributed by atoms with E-state index < -0.39 is 15.9 Å². The molecule has 1 N–H and O–H groups in total. The van der Waals surface area contributed by atoms with Crippen LogP contribution in [0.1, 0.15) is 36.6 Å². The van der Waals surface area contributed by atoms with Crippen molar-refractivity contribution < 1.29 is 17.9 Å². The normalized spacial score (nSPS) is 13.7. The molecule has 6 heteroatoms. The maximum Gasteiger partial charge on any atom is 0.261 e. The van der Waals surface area contributed by atoms with Crippen molar-refractivity contribution in [3.63, 3.8) is 0 Å². The van der Waals surface area contributed by atoms with Crippen LogP contribution in [-0.4, -0.2) is 26.7 Å². The predicted octanol–water partition coefficient (Wildman–Crippen LogP) is 3.35. The number of benzene rings is 2. The van der Waals surface area contributed by atoms with Gasteiger partial charge in [0.05, 0.1) is 10.9 Å². The summed E-state index contributed by atoms with van der Waals surface area (Å²) in [5, 5.41) is 2.90. The van der Waals surface area contributed by atoms with Gasteiger partial charge < -0.3 is 10.1 Å². The molecule has 2 rings (SSSR count). The number of carbonyl (C=O) groups is 1. The van der Waals surface area contributed by atoms with Gasteiger partial charge in [-0.25, -0.2) is 8.42 Å². The molecule has 2 atom stereocenters. The molecule has 0 radical (unpaired) electrons. The first-order chi connectivity index (χ1) is 12.1. The van der Waals surface area contributed by atoms with Crippen LogP contribution in [0.15, 0.2) is 47.4 Å². The summed E-state index contributed by atoms with van der Waals surface area (Å²) in [4.78, 5) is 12.7. The Labute approximate surface area is 155 Å². The van der Waals surface area contributed by atoms with Gasteiger partial charge in [0.15, 0.2) is 15.9 Å². The zero-order valence-electron chi connectivity index (χ0n) is 15.7. The molecule has 1 amide bonds. The Morgan fingerprint density at radius 2 is 1.65 bits per heavy atom. The highest BCUT2D eigenvalue weighted by Gasteiger charge is 2.19. The van der Waals surface area contributed by atoms with Crippen molar-refractivity contribution in [1.82, 2.24) is 5.32 Å². The van der Waals surface area contributed by atoms with Crippen molar-refractivity contribution in [2.24, 2.45) is 0 Å². The molecular weight excluding hydrogens is 350 g/mol. The van der Waals surface area contributed by atoms with E-state index in [1.807, 2.05) is 39.0 Å². The van der Waals surface area contributed by atoms with Crippen molar-refractivity contribution in [3.8, 4) is 5.75 Å². The minimum atomic E-state index is -3.23. The molecule has 0 spiro atoms. The first-order valence-corrected chi connectivity index (χ1v) is 10.3. The van der Waals surface area contributed by atoms with Crippen LogP contribution in [0.2, 0.25) is 0 Å². The lowest BCUT2D eigenvalue weighted by atomic mass is 10.1. The fourth-order valence-electron chi connectivity index (χ4n) is 2.50. The lowest BCUT2D eigenvalue weighted by molar-refractivity contribution is -0.127. The zero-order valence-corrected chi connectivity index (χ0v) is 16.6. The Hall–Kier alpha value is -2.34. The summed E-state index contributed by atoms with van der Waals surface area (Å²) in [6.45, 7) is 7.46. The zero-order chi connectivity index (χ0) is 19.5. The van der Waals surface area contributed by atoms with Crippen LogP contribution in [0.25, 0.3) is 0 Å². The van der Waals surface area contributed by atoms with Gasteiger partial charge in [-0.15, -0.1) is 0 Å². The third-order valence-electron chi connectivity index (χ3n) is 4.18. The summed E-state index contributed by atoms with van der Waals surface area (Å²) in [5.41, 5.74) is 2.86. The molecule has 0 saturated heterocycles. The number of nitrogens with one attached hydrogen (secondary N) is 1. The monoisotopic (exact) mass is 375 g/mol. The number of carbonyl (C=O) groups excluding carboxylic acids is 1. The molecule has 0 aliphatic rings. The third kappa shape index (κ3) is 5.08. The summed E-state index contributed by atoms with van der Waals surface area (Å²) in [6.07, 6.45) is 0.521. The molecule has 5 nitrogen and oxygen atoms in total. The number of aryl methyl sites for hydroxylation is 2. The van der Waals surface area contributed by atoms with Gasteiger partial charge in [-0.05, 0) is 62.6 Å². The van der Waals surface area contributed by atoms with Crippen molar-refractivity contribution in [1.29, 1.82) is 0 Å². The summed E-state index contributed by atoms with van der Waals surface area (Å²) in [6, 6.07) is 12.1. The van der Waals surface area contributed by atoms with Gasteiger partial charge in [0.25, 0.3) is 5.91 Å². The second-order valence-electron chi connectivity index (χ2n) is 6.60. The SMILES string of the molecule is Cc1ccc(C)c(O[C@@H](C)C(=O)N[C@H](C)c2ccc(S(C)(=O)=O)cc2)c1. The molecule has 2 aromatic carbocycles.